The van der Waals surface area contributed by atoms with E-state index in [4.69, 9.17) is 4.74 Å². The third-order valence-electron chi connectivity index (χ3n) is 2.63. The van der Waals surface area contributed by atoms with Crippen LogP contribution in [-0.2, 0) is 10.3 Å². The fourth-order valence-electron chi connectivity index (χ4n) is 2.19. The minimum Gasteiger partial charge on any atom is -0.383 e. The van der Waals surface area contributed by atoms with Crippen LogP contribution in [0.3, 0.4) is 0 Å². The molecule has 0 aliphatic carbocycles. The minimum atomic E-state index is -0.781. The predicted molar refractivity (Wildman–Crippen MR) is 55.3 cm³/mol. The summed E-state index contributed by atoms with van der Waals surface area (Å²) < 4.78 is 9.81. The number of aromatic nitrogens is 1. The molecule has 1 aromatic heterocycles. The largest absolute Gasteiger partial charge is 0.383 e. The minimum absolute atomic E-state index is 0.102. The van der Waals surface area contributed by atoms with Crippen LogP contribution in [0.2, 0.25) is 0 Å². The molecule has 2 heterocycles. The summed E-state index contributed by atoms with van der Waals surface area (Å²) >= 11 is 1.38. The maximum absolute atomic E-state index is 10.4. The maximum Gasteiger partial charge on any atom is 0.112 e. The molecule has 2 atom stereocenters. The summed E-state index contributed by atoms with van der Waals surface area (Å²) in [4.78, 5) is 0. The lowest BCUT2D eigenvalue weighted by molar-refractivity contribution is -0.137. The molecule has 1 N–H and O–H groups in total. The zero-order chi connectivity index (χ0) is 10.2. The summed E-state index contributed by atoms with van der Waals surface area (Å²) in [6.45, 7) is 3.99. The van der Waals surface area contributed by atoms with Gasteiger partial charge in [-0.05, 0) is 31.4 Å². The fraction of sp³-hybridized carbons (Fsp3) is 0.700. The molecular weight excluding hydrogens is 198 g/mol. The lowest BCUT2D eigenvalue weighted by Crippen LogP contribution is -2.41. The molecular formula is C10H15NO2S. The van der Waals surface area contributed by atoms with E-state index in [0.717, 1.165) is 5.69 Å². The molecule has 2 unspecified atom stereocenters. The maximum atomic E-state index is 10.4. The Labute approximate surface area is 87.9 Å². The van der Waals surface area contributed by atoms with E-state index < -0.39 is 5.60 Å². The topological polar surface area (TPSA) is 42.4 Å². The molecule has 3 nitrogen and oxygen atoms in total. The first-order valence-electron chi connectivity index (χ1n) is 4.89. The van der Waals surface area contributed by atoms with Crippen molar-refractivity contribution in [2.24, 2.45) is 0 Å². The van der Waals surface area contributed by atoms with Crippen molar-refractivity contribution in [3.05, 3.63) is 17.1 Å². The molecule has 14 heavy (non-hydrogen) atoms. The van der Waals surface area contributed by atoms with Gasteiger partial charge < -0.3 is 9.84 Å². The van der Waals surface area contributed by atoms with Crippen molar-refractivity contribution in [1.82, 2.24) is 4.37 Å². The molecule has 4 heteroatoms. The van der Waals surface area contributed by atoms with Gasteiger partial charge in [0, 0.05) is 18.2 Å². The molecule has 0 radical (unpaired) electrons. The first kappa shape index (κ1) is 10.1. The lowest BCUT2D eigenvalue weighted by atomic mass is 9.85. The van der Waals surface area contributed by atoms with Crippen molar-refractivity contribution in [3.63, 3.8) is 0 Å². The first-order valence-corrected chi connectivity index (χ1v) is 5.72. The summed E-state index contributed by atoms with van der Waals surface area (Å²) in [6, 6.07) is 1.90. The Balaban J connectivity index is 2.22. The van der Waals surface area contributed by atoms with Crippen LogP contribution in [0.1, 0.15) is 32.4 Å². The second kappa shape index (κ2) is 3.61. The molecule has 2 rings (SSSR count). The molecule has 0 amide bonds. The van der Waals surface area contributed by atoms with E-state index in [1.54, 1.807) is 0 Å². The van der Waals surface area contributed by atoms with Gasteiger partial charge in [0.05, 0.1) is 17.9 Å². The summed E-state index contributed by atoms with van der Waals surface area (Å²) in [5.41, 5.74) is 0.0152. The number of ether oxygens (including phenoxy) is 1. The van der Waals surface area contributed by atoms with Crippen molar-refractivity contribution in [2.45, 2.75) is 44.5 Å². The Hall–Kier alpha value is -0.450. The summed E-state index contributed by atoms with van der Waals surface area (Å²) in [7, 11) is 0. The molecule has 1 fully saturated rings. The van der Waals surface area contributed by atoms with E-state index in [9.17, 15) is 5.11 Å². The highest BCUT2D eigenvalue weighted by Gasteiger charge is 2.39. The summed E-state index contributed by atoms with van der Waals surface area (Å²) in [6.07, 6.45) is 1.48. The second-order valence-electron chi connectivity index (χ2n) is 4.08. The summed E-state index contributed by atoms with van der Waals surface area (Å²) in [5.74, 6) is 0. The normalized spacial score (nSPS) is 38.5. The van der Waals surface area contributed by atoms with Crippen molar-refractivity contribution < 1.29 is 9.84 Å². The van der Waals surface area contributed by atoms with Crippen LogP contribution >= 0.6 is 11.5 Å². The Morgan fingerprint density at radius 1 is 1.50 bits per heavy atom. The van der Waals surface area contributed by atoms with Gasteiger partial charge in [-0.1, -0.05) is 0 Å². The van der Waals surface area contributed by atoms with Crippen LogP contribution in [0.15, 0.2) is 11.4 Å². The van der Waals surface area contributed by atoms with Crippen LogP contribution in [-0.4, -0.2) is 21.7 Å². The fourth-order valence-corrected chi connectivity index (χ4v) is 2.78. The lowest BCUT2D eigenvalue weighted by Gasteiger charge is -2.38. The van der Waals surface area contributed by atoms with Gasteiger partial charge in [-0.15, -0.1) is 0 Å². The van der Waals surface area contributed by atoms with E-state index in [2.05, 4.69) is 4.37 Å². The molecule has 1 aliphatic heterocycles. The molecule has 1 aliphatic rings. The van der Waals surface area contributed by atoms with Gasteiger partial charge >= 0.3 is 0 Å². The third-order valence-corrected chi connectivity index (χ3v) is 3.19. The molecule has 0 bridgehead atoms. The number of hydrogen-bond donors (Lipinski definition) is 1. The number of aliphatic hydroxyl groups is 1. The number of rotatable bonds is 1. The van der Waals surface area contributed by atoms with E-state index in [0.29, 0.717) is 12.8 Å². The molecule has 1 saturated heterocycles. The van der Waals surface area contributed by atoms with Crippen molar-refractivity contribution in [2.75, 3.05) is 0 Å². The molecule has 0 aromatic carbocycles. The Morgan fingerprint density at radius 2 is 2.14 bits per heavy atom. The van der Waals surface area contributed by atoms with E-state index in [1.165, 1.54) is 11.5 Å². The quantitative estimate of drug-likeness (QED) is 0.775. The Morgan fingerprint density at radius 3 is 2.64 bits per heavy atom. The number of hydrogen-bond acceptors (Lipinski definition) is 4. The van der Waals surface area contributed by atoms with Gasteiger partial charge in [-0.25, -0.2) is 0 Å². The van der Waals surface area contributed by atoms with E-state index >= 15 is 0 Å². The van der Waals surface area contributed by atoms with Gasteiger partial charge in [-0.2, -0.15) is 4.37 Å². The Bertz CT molecular complexity index is 289. The smallest absolute Gasteiger partial charge is 0.112 e. The molecule has 1 aromatic rings. The van der Waals surface area contributed by atoms with Crippen molar-refractivity contribution >= 4 is 11.5 Å². The SMILES string of the molecule is CC1CC(O)(c2ccsn2)CC(C)O1. The highest BCUT2D eigenvalue weighted by molar-refractivity contribution is 7.03. The first-order chi connectivity index (χ1) is 6.60. The average molecular weight is 213 g/mol. The highest BCUT2D eigenvalue weighted by Crippen LogP contribution is 2.36. The predicted octanol–water partition coefficient (Wildman–Crippen LogP) is 1.92. The second-order valence-corrected chi connectivity index (χ2v) is 4.75. The van der Waals surface area contributed by atoms with Crippen LogP contribution < -0.4 is 0 Å². The monoisotopic (exact) mass is 213 g/mol. The van der Waals surface area contributed by atoms with Gasteiger partial charge in [-0.3, -0.25) is 0 Å². The molecule has 0 spiro atoms. The van der Waals surface area contributed by atoms with E-state index in [-0.39, 0.29) is 12.2 Å². The molecule has 78 valence electrons. The van der Waals surface area contributed by atoms with Crippen molar-refractivity contribution in [1.29, 1.82) is 0 Å². The number of nitrogens with zero attached hydrogens (tertiary/aromatic N) is 1. The van der Waals surface area contributed by atoms with Crippen LogP contribution in [0, 0.1) is 0 Å². The third kappa shape index (κ3) is 1.82. The standard InChI is InChI=1S/C10H15NO2S/c1-7-5-10(12,6-8(2)13-7)9-3-4-14-11-9/h3-4,7-8,12H,5-6H2,1-2H3. The average Bonchev–Trinajstić information content (AvgIpc) is 2.52. The van der Waals surface area contributed by atoms with Gasteiger partial charge in [0.2, 0.25) is 0 Å². The van der Waals surface area contributed by atoms with Crippen LogP contribution in [0.5, 0.6) is 0 Å². The van der Waals surface area contributed by atoms with Crippen molar-refractivity contribution in [3.8, 4) is 0 Å². The van der Waals surface area contributed by atoms with Gasteiger partial charge in [0.1, 0.15) is 5.60 Å². The van der Waals surface area contributed by atoms with Crippen LogP contribution in [0.25, 0.3) is 0 Å². The zero-order valence-electron chi connectivity index (χ0n) is 8.43. The van der Waals surface area contributed by atoms with E-state index in [1.807, 2.05) is 25.3 Å². The highest BCUT2D eigenvalue weighted by atomic mass is 32.1. The van der Waals surface area contributed by atoms with Gasteiger partial charge in [0.15, 0.2) is 0 Å². The zero-order valence-corrected chi connectivity index (χ0v) is 9.25. The van der Waals surface area contributed by atoms with Gasteiger partial charge in [0.25, 0.3) is 0 Å². The van der Waals surface area contributed by atoms with Crippen LogP contribution in [0.4, 0.5) is 0 Å². The Kier molecular flexibility index (Phi) is 2.60. The summed E-state index contributed by atoms with van der Waals surface area (Å²) in [5, 5.41) is 12.3. The molecule has 0 saturated carbocycles.